The molecule has 4 aromatic rings. The largest absolute Gasteiger partial charge is 0.389 e. The summed E-state index contributed by atoms with van der Waals surface area (Å²) in [6, 6.07) is 4.89. The van der Waals surface area contributed by atoms with Crippen molar-refractivity contribution in [1.29, 1.82) is 0 Å². The molecule has 10 heteroatoms. The van der Waals surface area contributed by atoms with Crippen molar-refractivity contribution in [2.24, 2.45) is 0 Å². The number of anilines is 1. The maximum absolute atomic E-state index is 13.0. The molecule has 0 aliphatic heterocycles. The predicted octanol–water partition coefficient (Wildman–Crippen LogP) is 1.97. The maximum Gasteiger partial charge on any atom is 0.251 e. The zero-order chi connectivity index (χ0) is 22.4. The Labute approximate surface area is 184 Å². The molecule has 1 aliphatic carbocycles. The Balaban J connectivity index is 1.37. The number of nitrogens with one attached hydrogen (secondary N) is 1. The SMILES string of the molecule is CCn1c(C)nc2cc(C(=O)N[C@H]3CCC[C@H](n4cnc5c(N)ncnc54)[C@H]3O)ccc21. The molecule has 0 unspecified atom stereocenters. The van der Waals surface area contributed by atoms with Gasteiger partial charge >= 0.3 is 0 Å². The van der Waals surface area contributed by atoms with Crippen LogP contribution in [0.2, 0.25) is 0 Å². The minimum atomic E-state index is -0.786. The second kappa shape index (κ2) is 7.86. The molecular formula is C22H26N8O2. The van der Waals surface area contributed by atoms with E-state index < -0.39 is 6.10 Å². The monoisotopic (exact) mass is 434 g/mol. The molecule has 3 atom stereocenters. The van der Waals surface area contributed by atoms with E-state index in [1.54, 1.807) is 18.5 Å². The minimum Gasteiger partial charge on any atom is -0.389 e. The lowest BCUT2D eigenvalue weighted by atomic mass is 9.87. The minimum absolute atomic E-state index is 0.220. The van der Waals surface area contributed by atoms with Gasteiger partial charge in [-0.2, -0.15) is 0 Å². The summed E-state index contributed by atoms with van der Waals surface area (Å²) in [5.74, 6) is 1.00. The maximum atomic E-state index is 13.0. The molecule has 1 aromatic carbocycles. The molecule has 0 spiro atoms. The number of carbonyl (C=O) groups excluding carboxylic acids is 1. The zero-order valence-corrected chi connectivity index (χ0v) is 18.1. The van der Waals surface area contributed by atoms with Crippen molar-refractivity contribution >= 4 is 33.9 Å². The number of aromatic nitrogens is 6. The molecule has 3 aromatic heterocycles. The van der Waals surface area contributed by atoms with Gasteiger partial charge in [-0.15, -0.1) is 0 Å². The van der Waals surface area contributed by atoms with E-state index >= 15 is 0 Å². The van der Waals surface area contributed by atoms with Crippen molar-refractivity contribution in [1.82, 2.24) is 34.4 Å². The number of aliphatic hydroxyl groups is 1. The average molecular weight is 435 g/mol. The van der Waals surface area contributed by atoms with E-state index in [4.69, 9.17) is 5.73 Å². The number of aliphatic hydroxyl groups excluding tert-OH is 1. The highest BCUT2D eigenvalue weighted by atomic mass is 16.3. The highest BCUT2D eigenvalue weighted by Crippen LogP contribution is 2.32. The van der Waals surface area contributed by atoms with Crippen LogP contribution < -0.4 is 11.1 Å². The van der Waals surface area contributed by atoms with Crippen LogP contribution in [0.4, 0.5) is 5.82 Å². The number of aryl methyl sites for hydroxylation is 2. The molecule has 166 valence electrons. The number of nitrogens with zero attached hydrogens (tertiary/aromatic N) is 6. The van der Waals surface area contributed by atoms with Crippen molar-refractivity contribution in [3.63, 3.8) is 0 Å². The molecule has 4 N–H and O–H groups in total. The number of benzene rings is 1. The summed E-state index contributed by atoms with van der Waals surface area (Å²) in [5.41, 5.74) is 9.33. The van der Waals surface area contributed by atoms with Gasteiger partial charge in [0.2, 0.25) is 0 Å². The normalized spacial score (nSPS) is 21.3. The number of rotatable bonds is 4. The molecule has 1 aliphatic rings. The third-order valence-corrected chi connectivity index (χ3v) is 6.40. The first kappa shape index (κ1) is 20.4. The van der Waals surface area contributed by atoms with E-state index in [1.807, 2.05) is 17.6 Å². The van der Waals surface area contributed by atoms with Gasteiger partial charge in [-0.05, 0) is 51.3 Å². The molecule has 10 nitrogen and oxygen atoms in total. The van der Waals surface area contributed by atoms with Gasteiger partial charge in [0, 0.05) is 12.1 Å². The van der Waals surface area contributed by atoms with Crippen molar-refractivity contribution in [3.8, 4) is 0 Å². The first-order valence-electron chi connectivity index (χ1n) is 10.9. The smallest absolute Gasteiger partial charge is 0.251 e. The van der Waals surface area contributed by atoms with Crippen LogP contribution in [0.15, 0.2) is 30.9 Å². The summed E-state index contributed by atoms with van der Waals surface area (Å²) in [6.45, 7) is 4.85. The molecular weight excluding hydrogens is 408 g/mol. The topological polar surface area (TPSA) is 137 Å². The molecule has 32 heavy (non-hydrogen) atoms. The quantitative estimate of drug-likeness (QED) is 0.446. The average Bonchev–Trinajstić information content (AvgIpc) is 3.35. The Morgan fingerprint density at radius 2 is 2.12 bits per heavy atom. The van der Waals surface area contributed by atoms with Gasteiger partial charge in [0.15, 0.2) is 11.5 Å². The van der Waals surface area contributed by atoms with E-state index in [1.165, 1.54) is 6.33 Å². The third-order valence-electron chi connectivity index (χ3n) is 6.40. The summed E-state index contributed by atoms with van der Waals surface area (Å²) >= 11 is 0. The van der Waals surface area contributed by atoms with E-state index in [2.05, 4.69) is 36.7 Å². The summed E-state index contributed by atoms with van der Waals surface area (Å²) in [6.07, 6.45) is 4.54. The van der Waals surface area contributed by atoms with Crippen LogP contribution in [0.5, 0.6) is 0 Å². The van der Waals surface area contributed by atoms with E-state index in [0.717, 1.165) is 36.2 Å². The van der Waals surface area contributed by atoms with Crippen LogP contribution in [0, 0.1) is 6.92 Å². The molecule has 1 saturated carbocycles. The lowest BCUT2D eigenvalue weighted by molar-refractivity contribution is 0.0410. The van der Waals surface area contributed by atoms with Crippen molar-refractivity contribution in [2.75, 3.05) is 5.73 Å². The second-order valence-corrected chi connectivity index (χ2v) is 8.26. The van der Waals surface area contributed by atoms with Gasteiger partial charge in [0.05, 0.1) is 35.5 Å². The lowest BCUT2D eigenvalue weighted by Gasteiger charge is -2.36. The number of fused-ring (bicyclic) bond motifs is 2. The fourth-order valence-corrected chi connectivity index (χ4v) is 4.77. The van der Waals surface area contributed by atoms with Crippen LogP contribution in [0.25, 0.3) is 22.2 Å². The highest BCUT2D eigenvalue weighted by Gasteiger charge is 2.35. The fourth-order valence-electron chi connectivity index (χ4n) is 4.77. The highest BCUT2D eigenvalue weighted by molar-refractivity contribution is 5.97. The molecule has 0 saturated heterocycles. The lowest BCUT2D eigenvalue weighted by Crippen LogP contribution is -2.49. The Kier molecular flexibility index (Phi) is 5.01. The van der Waals surface area contributed by atoms with Crippen molar-refractivity contribution in [3.05, 3.63) is 42.2 Å². The molecule has 0 radical (unpaired) electrons. The van der Waals surface area contributed by atoms with Gasteiger partial charge in [-0.1, -0.05) is 0 Å². The molecule has 0 bridgehead atoms. The Morgan fingerprint density at radius 1 is 1.28 bits per heavy atom. The van der Waals surface area contributed by atoms with Gasteiger partial charge in [0.25, 0.3) is 5.91 Å². The molecule has 5 rings (SSSR count). The zero-order valence-electron chi connectivity index (χ0n) is 18.1. The standard InChI is InChI=1S/C22H26N8O2/c1-3-29-12(2)27-15-9-13(7-8-16(15)29)22(32)28-14-5-4-6-17(19(14)31)30-11-26-18-20(23)24-10-25-21(18)30/h7-11,14,17,19,31H,3-6H2,1-2H3,(H,28,32)(H2,23,24,25)/t14-,17-,19-/m0/s1. The summed E-state index contributed by atoms with van der Waals surface area (Å²) in [5, 5.41) is 14.1. The number of amides is 1. The number of nitrogens with two attached hydrogens (primary N) is 1. The predicted molar refractivity (Wildman–Crippen MR) is 120 cm³/mol. The number of carbonyl (C=O) groups is 1. The number of hydrogen-bond acceptors (Lipinski definition) is 7. The Morgan fingerprint density at radius 3 is 2.94 bits per heavy atom. The van der Waals surface area contributed by atoms with Crippen LogP contribution in [-0.4, -0.2) is 52.2 Å². The summed E-state index contributed by atoms with van der Waals surface area (Å²) in [7, 11) is 0. The molecule has 3 heterocycles. The first-order chi connectivity index (χ1) is 15.5. The van der Waals surface area contributed by atoms with Gasteiger partial charge in [-0.3, -0.25) is 4.79 Å². The third kappa shape index (κ3) is 3.27. The first-order valence-corrected chi connectivity index (χ1v) is 10.9. The molecule has 1 amide bonds. The summed E-state index contributed by atoms with van der Waals surface area (Å²) in [4.78, 5) is 30.1. The number of nitrogen functional groups attached to an aromatic ring is 1. The van der Waals surface area contributed by atoms with Crippen molar-refractivity contribution < 1.29 is 9.90 Å². The summed E-state index contributed by atoms with van der Waals surface area (Å²) < 4.78 is 3.95. The van der Waals surface area contributed by atoms with Gasteiger partial charge in [0.1, 0.15) is 17.7 Å². The van der Waals surface area contributed by atoms with Crippen LogP contribution in [0.3, 0.4) is 0 Å². The van der Waals surface area contributed by atoms with E-state index in [9.17, 15) is 9.90 Å². The van der Waals surface area contributed by atoms with E-state index in [0.29, 0.717) is 29.0 Å². The fraction of sp³-hybridized carbons (Fsp3) is 0.409. The number of imidazole rings is 2. The Bertz CT molecular complexity index is 1310. The Hall–Kier alpha value is -3.53. The van der Waals surface area contributed by atoms with Crippen LogP contribution >= 0.6 is 0 Å². The molecule has 1 fully saturated rings. The van der Waals surface area contributed by atoms with Gasteiger partial charge < -0.3 is 25.3 Å². The van der Waals surface area contributed by atoms with Crippen LogP contribution in [0.1, 0.15) is 48.4 Å². The number of hydrogen-bond donors (Lipinski definition) is 3. The van der Waals surface area contributed by atoms with E-state index in [-0.39, 0.29) is 18.0 Å². The van der Waals surface area contributed by atoms with Gasteiger partial charge in [-0.25, -0.2) is 19.9 Å². The van der Waals surface area contributed by atoms with Crippen molar-refractivity contribution in [2.45, 2.75) is 57.8 Å². The van der Waals surface area contributed by atoms with Crippen LogP contribution in [-0.2, 0) is 6.54 Å². The second-order valence-electron chi connectivity index (χ2n) is 8.26.